The zero-order chi connectivity index (χ0) is 18.3. The third-order valence-electron chi connectivity index (χ3n) is 4.37. The molecule has 0 saturated heterocycles. The molecular formula is C19H40NO3S+. The van der Waals surface area contributed by atoms with E-state index in [1.54, 1.807) is 0 Å². The molecule has 1 N–H and O–H groups in total. The molecule has 0 saturated carbocycles. The highest BCUT2D eigenvalue weighted by atomic mass is 32.2. The maximum absolute atomic E-state index is 10.7. The van der Waals surface area contributed by atoms with Gasteiger partial charge in [-0.15, -0.1) is 0 Å². The van der Waals surface area contributed by atoms with Gasteiger partial charge in [0.05, 0.1) is 32.6 Å². The molecule has 5 heteroatoms. The summed E-state index contributed by atoms with van der Waals surface area (Å²) in [5, 5.41) is 0. The quantitative estimate of drug-likeness (QED) is 0.234. The Hall–Kier alpha value is -0.390. The summed E-state index contributed by atoms with van der Waals surface area (Å²) in [5.41, 5.74) is 0. The van der Waals surface area contributed by atoms with Crippen LogP contribution in [0, 0.1) is 0 Å². The first-order valence-corrected chi connectivity index (χ1v) is 11.3. The highest BCUT2D eigenvalue weighted by Crippen LogP contribution is 2.12. The molecule has 0 bridgehead atoms. The third-order valence-corrected chi connectivity index (χ3v) is 5.17. The number of quaternary nitrogens is 1. The van der Waals surface area contributed by atoms with E-state index in [9.17, 15) is 8.42 Å². The molecular weight excluding hydrogens is 322 g/mol. The Kier molecular flexibility index (Phi) is 13.6. The minimum absolute atomic E-state index is 0.152. The van der Waals surface area contributed by atoms with E-state index in [2.05, 4.69) is 33.3 Å². The van der Waals surface area contributed by atoms with Gasteiger partial charge < -0.3 is 4.48 Å². The average Bonchev–Trinajstić information content (AvgIpc) is 2.46. The van der Waals surface area contributed by atoms with Crippen molar-refractivity contribution in [1.29, 1.82) is 0 Å². The van der Waals surface area contributed by atoms with Crippen molar-refractivity contribution < 1.29 is 17.5 Å². The van der Waals surface area contributed by atoms with E-state index >= 15 is 0 Å². The summed E-state index contributed by atoms with van der Waals surface area (Å²) >= 11 is 0. The van der Waals surface area contributed by atoms with Crippen molar-refractivity contribution in [2.45, 2.75) is 84.0 Å². The molecule has 0 aliphatic carbocycles. The van der Waals surface area contributed by atoms with Crippen LogP contribution in [-0.2, 0) is 10.1 Å². The monoisotopic (exact) mass is 362 g/mol. The van der Waals surface area contributed by atoms with Crippen LogP contribution in [0.3, 0.4) is 0 Å². The zero-order valence-corrected chi connectivity index (χ0v) is 17.0. The average molecular weight is 363 g/mol. The normalized spacial score (nSPS) is 13.0. The molecule has 24 heavy (non-hydrogen) atoms. The van der Waals surface area contributed by atoms with Gasteiger partial charge in [-0.1, -0.05) is 64.7 Å². The second kappa shape index (κ2) is 13.9. The molecule has 0 aliphatic rings. The van der Waals surface area contributed by atoms with Crippen LogP contribution in [0.5, 0.6) is 0 Å². The van der Waals surface area contributed by atoms with Gasteiger partial charge in [0.1, 0.15) is 0 Å². The molecule has 0 atom stereocenters. The van der Waals surface area contributed by atoms with Crippen LogP contribution in [0.4, 0.5) is 0 Å². The number of nitrogens with zero attached hydrogens (tertiary/aromatic N) is 1. The minimum Gasteiger partial charge on any atom is -0.302 e. The van der Waals surface area contributed by atoms with Gasteiger partial charge in [-0.3, -0.25) is 4.55 Å². The van der Waals surface area contributed by atoms with E-state index in [1.807, 2.05) is 0 Å². The minimum atomic E-state index is -3.83. The van der Waals surface area contributed by atoms with Crippen molar-refractivity contribution >= 4 is 10.1 Å². The highest BCUT2D eigenvalue weighted by molar-refractivity contribution is 7.85. The lowest BCUT2D eigenvalue weighted by molar-refractivity contribution is -0.838. The number of allylic oxidation sites excluding steroid dienone is 1. The fourth-order valence-corrected chi connectivity index (χ4v) is 3.33. The molecule has 0 radical (unpaired) electrons. The van der Waals surface area contributed by atoms with Crippen LogP contribution >= 0.6 is 0 Å². The summed E-state index contributed by atoms with van der Waals surface area (Å²) in [6.45, 7) is 2.97. The van der Waals surface area contributed by atoms with Crippen molar-refractivity contribution in [3.8, 4) is 0 Å². The fraction of sp³-hybridized carbons (Fsp3) is 0.895. The highest BCUT2D eigenvalue weighted by Gasteiger charge is 2.13. The van der Waals surface area contributed by atoms with E-state index in [0.717, 1.165) is 6.42 Å². The SMILES string of the molecule is CCCCCCCCCCCCC=C[N+](C)(C)CCCS(=O)(=O)O. The molecule has 0 rings (SSSR count). The first kappa shape index (κ1) is 23.6. The summed E-state index contributed by atoms with van der Waals surface area (Å²) in [5.74, 6) is -0.152. The van der Waals surface area contributed by atoms with Gasteiger partial charge in [-0.25, -0.2) is 0 Å². The second-order valence-electron chi connectivity index (χ2n) is 7.50. The van der Waals surface area contributed by atoms with E-state index in [1.165, 1.54) is 64.2 Å². The lowest BCUT2D eigenvalue weighted by Gasteiger charge is -2.24. The molecule has 0 unspecified atom stereocenters. The maximum atomic E-state index is 10.7. The molecule has 0 heterocycles. The zero-order valence-electron chi connectivity index (χ0n) is 16.2. The molecule has 0 fully saturated rings. The number of hydrogen-bond donors (Lipinski definition) is 1. The number of unbranched alkanes of at least 4 members (excludes halogenated alkanes) is 10. The predicted octanol–water partition coefficient (Wildman–Crippen LogP) is 5.17. The third kappa shape index (κ3) is 18.0. The molecule has 0 aromatic rings. The molecule has 144 valence electrons. The number of hydrogen-bond acceptors (Lipinski definition) is 2. The van der Waals surface area contributed by atoms with E-state index in [0.29, 0.717) is 17.4 Å². The first-order valence-electron chi connectivity index (χ1n) is 9.72. The largest absolute Gasteiger partial charge is 0.302 e. The van der Waals surface area contributed by atoms with Gasteiger partial charge in [0.15, 0.2) is 0 Å². The van der Waals surface area contributed by atoms with Gasteiger partial charge in [0.2, 0.25) is 0 Å². The Morgan fingerprint density at radius 3 is 1.83 bits per heavy atom. The summed E-state index contributed by atoms with van der Waals surface area (Å²) in [6, 6.07) is 0. The van der Waals surface area contributed by atoms with Crippen molar-refractivity contribution in [3.63, 3.8) is 0 Å². The van der Waals surface area contributed by atoms with Crippen molar-refractivity contribution in [1.82, 2.24) is 0 Å². The first-order chi connectivity index (χ1) is 11.3. The summed E-state index contributed by atoms with van der Waals surface area (Å²) in [6.07, 6.45) is 19.5. The molecule has 4 nitrogen and oxygen atoms in total. The Bertz CT molecular complexity index is 416. The van der Waals surface area contributed by atoms with Crippen LogP contribution in [0.2, 0.25) is 0 Å². The Balaban J connectivity index is 3.53. The van der Waals surface area contributed by atoms with Gasteiger partial charge in [0.25, 0.3) is 10.1 Å². The second-order valence-corrected chi connectivity index (χ2v) is 9.07. The van der Waals surface area contributed by atoms with Crippen molar-refractivity contribution in [2.24, 2.45) is 0 Å². The molecule has 0 spiro atoms. The van der Waals surface area contributed by atoms with E-state index in [-0.39, 0.29) is 5.75 Å². The van der Waals surface area contributed by atoms with Crippen LogP contribution in [-0.4, -0.2) is 43.8 Å². The van der Waals surface area contributed by atoms with Gasteiger partial charge >= 0.3 is 0 Å². The fourth-order valence-electron chi connectivity index (χ4n) is 2.84. The predicted molar refractivity (Wildman–Crippen MR) is 104 cm³/mol. The van der Waals surface area contributed by atoms with Crippen LogP contribution in [0.15, 0.2) is 12.3 Å². The van der Waals surface area contributed by atoms with Crippen LogP contribution < -0.4 is 0 Å². The van der Waals surface area contributed by atoms with Crippen LogP contribution in [0.1, 0.15) is 84.0 Å². The summed E-state index contributed by atoms with van der Waals surface area (Å²) in [4.78, 5) is 0. The molecule has 0 aromatic carbocycles. The Morgan fingerprint density at radius 1 is 0.833 bits per heavy atom. The Morgan fingerprint density at radius 2 is 1.33 bits per heavy atom. The number of rotatable bonds is 16. The maximum Gasteiger partial charge on any atom is 0.265 e. The lowest BCUT2D eigenvalue weighted by Crippen LogP contribution is -2.35. The van der Waals surface area contributed by atoms with Gasteiger partial charge in [-0.05, 0) is 18.9 Å². The summed E-state index contributed by atoms with van der Waals surface area (Å²) < 4.78 is 30.9. The lowest BCUT2D eigenvalue weighted by atomic mass is 10.1. The van der Waals surface area contributed by atoms with E-state index < -0.39 is 10.1 Å². The molecule has 0 aromatic heterocycles. The standard InChI is InChI=1S/C19H39NO3S/c1-4-5-6-7-8-9-10-11-12-13-14-15-17-20(2,3)18-16-19-24(21,22)23/h15,17H,4-14,16,18-19H2,1-3H3/p+1. The molecule has 0 amide bonds. The van der Waals surface area contributed by atoms with Gasteiger partial charge in [-0.2, -0.15) is 8.42 Å². The van der Waals surface area contributed by atoms with Crippen molar-refractivity contribution in [2.75, 3.05) is 26.4 Å². The summed E-state index contributed by atoms with van der Waals surface area (Å²) in [7, 11) is 0.281. The van der Waals surface area contributed by atoms with E-state index in [4.69, 9.17) is 4.55 Å². The Labute approximate surface area is 150 Å². The van der Waals surface area contributed by atoms with Crippen LogP contribution in [0.25, 0.3) is 0 Å². The topological polar surface area (TPSA) is 54.4 Å². The molecule has 0 aliphatic heterocycles. The smallest absolute Gasteiger partial charge is 0.265 e. The van der Waals surface area contributed by atoms with Gasteiger partial charge in [0, 0.05) is 6.42 Å². The van der Waals surface area contributed by atoms with Crippen molar-refractivity contribution in [3.05, 3.63) is 12.3 Å².